The molecule has 0 aliphatic rings. The van der Waals surface area contributed by atoms with Gasteiger partial charge in [-0.1, -0.05) is 29.8 Å². The average molecular weight is 318 g/mol. The van der Waals surface area contributed by atoms with Crippen LogP contribution < -0.4 is 15.2 Å². The lowest BCUT2D eigenvalue weighted by molar-refractivity contribution is -0.113. The van der Waals surface area contributed by atoms with E-state index in [2.05, 4.69) is 0 Å². The van der Waals surface area contributed by atoms with Crippen molar-refractivity contribution in [3.05, 3.63) is 64.7 Å². The van der Waals surface area contributed by atoms with Crippen LogP contribution in [0.15, 0.2) is 48.5 Å². The maximum absolute atomic E-state index is 10.7. The lowest BCUT2D eigenvalue weighted by Gasteiger charge is -2.11. The number of benzene rings is 2. The Morgan fingerprint density at radius 1 is 1.18 bits per heavy atom. The highest BCUT2D eigenvalue weighted by atomic mass is 35.5. The Labute approximate surface area is 134 Å². The Kier molecular flexibility index (Phi) is 5.44. The lowest BCUT2D eigenvalue weighted by atomic mass is 10.2. The number of halogens is 1. The minimum atomic E-state index is -0.498. The number of rotatable bonds is 6. The molecule has 0 heterocycles. The summed E-state index contributed by atoms with van der Waals surface area (Å²) in [6, 6.07) is 12.8. The number of ether oxygens (including phenoxy) is 2. The van der Waals surface area contributed by atoms with Crippen molar-refractivity contribution in [3.63, 3.8) is 0 Å². The van der Waals surface area contributed by atoms with Gasteiger partial charge in [-0.25, -0.2) is 0 Å². The quantitative estimate of drug-likeness (QED) is 0.830. The molecule has 2 aromatic rings. The van der Waals surface area contributed by atoms with Crippen LogP contribution in [0.2, 0.25) is 5.02 Å². The molecule has 0 aliphatic carbocycles. The minimum absolute atomic E-state index is 0.407. The van der Waals surface area contributed by atoms with E-state index in [4.69, 9.17) is 26.8 Å². The molecule has 114 valence electrons. The number of primary amides is 1. The molecule has 0 fully saturated rings. The predicted octanol–water partition coefficient (Wildman–Crippen LogP) is 3.43. The number of amides is 1. The number of methoxy groups -OCH3 is 1. The van der Waals surface area contributed by atoms with Crippen LogP contribution in [0, 0.1) is 0 Å². The van der Waals surface area contributed by atoms with Gasteiger partial charge in [0.2, 0.25) is 5.91 Å². The third-order valence-corrected chi connectivity index (χ3v) is 3.19. The van der Waals surface area contributed by atoms with E-state index in [0.29, 0.717) is 23.1 Å². The van der Waals surface area contributed by atoms with E-state index in [1.165, 1.54) is 6.08 Å². The van der Waals surface area contributed by atoms with Gasteiger partial charge in [-0.3, -0.25) is 4.79 Å². The fourth-order valence-electron chi connectivity index (χ4n) is 1.83. The molecular formula is C17H16ClNO3. The molecule has 0 aromatic heterocycles. The fraction of sp³-hybridized carbons (Fsp3) is 0.118. The molecule has 2 N–H and O–H groups in total. The molecule has 0 bridgehead atoms. The highest BCUT2D eigenvalue weighted by Crippen LogP contribution is 2.29. The smallest absolute Gasteiger partial charge is 0.241 e. The number of carbonyl (C=O) groups excluding carboxylic acids is 1. The van der Waals surface area contributed by atoms with Crippen LogP contribution in [0.3, 0.4) is 0 Å². The molecule has 0 atom stereocenters. The van der Waals surface area contributed by atoms with Crippen LogP contribution in [0.25, 0.3) is 6.08 Å². The Balaban J connectivity index is 2.10. The number of hydrogen-bond donors (Lipinski definition) is 1. The first-order chi connectivity index (χ1) is 10.6. The Morgan fingerprint density at radius 3 is 2.55 bits per heavy atom. The number of nitrogens with two attached hydrogens (primary N) is 1. The van der Waals surface area contributed by atoms with E-state index in [9.17, 15) is 4.79 Å². The molecule has 2 rings (SSSR count). The van der Waals surface area contributed by atoms with E-state index in [0.717, 1.165) is 11.1 Å². The largest absolute Gasteiger partial charge is 0.493 e. The summed E-state index contributed by atoms with van der Waals surface area (Å²) in [5.41, 5.74) is 6.88. The third kappa shape index (κ3) is 4.53. The van der Waals surface area contributed by atoms with Crippen molar-refractivity contribution in [3.8, 4) is 11.5 Å². The number of carbonyl (C=O) groups is 1. The standard InChI is InChI=1S/C17H16ClNO3/c1-21-16-10-12(5-9-17(19)20)4-8-15(16)22-11-13-2-6-14(18)7-3-13/h2-10H,11H2,1H3,(H2,19,20). The monoisotopic (exact) mass is 317 g/mol. The van der Waals surface area contributed by atoms with Gasteiger partial charge in [-0.2, -0.15) is 0 Å². The molecule has 2 aromatic carbocycles. The second-order valence-corrected chi connectivity index (χ2v) is 5.00. The first-order valence-corrected chi connectivity index (χ1v) is 6.99. The van der Waals surface area contributed by atoms with Gasteiger partial charge >= 0.3 is 0 Å². The van der Waals surface area contributed by atoms with Crippen molar-refractivity contribution < 1.29 is 14.3 Å². The Bertz CT molecular complexity index is 681. The van der Waals surface area contributed by atoms with Crippen LogP contribution >= 0.6 is 11.6 Å². The van der Waals surface area contributed by atoms with Gasteiger partial charge < -0.3 is 15.2 Å². The Morgan fingerprint density at radius 2 is 1.91 bits per heavy atom. The summed E-state index contributed by atoms with van der Waals surface area (Å²) in [7, 11) is 1.56. The summed E-state index contributed by atoms with van der Waals surface area (Å²) in [6.07, 6.45) is 2.91. The summed E-state index contributed by atoms with van der Waals surface area (Å²) in [6.45, 7) is 0.407. The summed E-state index contributed by atoms with van der Waals surface area (Å²) in [5, 5.41) is 0.687. The summed E-state index contributed by atoms with van der Waals surface area (Å²) in [5.74, 6) is 0.705. The van der Waals surface area contributed by atoms with Gasteiger partial charge in [0.25, 0.3) is 0 Å². The van der Waals surface area contributed by atoms with Gasteiger partial charge in [-0.15, -0.1) is 0 Å². The molecule has 0 saturated heterocycles. The lowest BCUT2D eigenvalue weighted by Crippen LogP contribution is -2.05. The van der Waals surface area contributed by atoms with E-state index < -0.39 is 5.91 Å². The van der Waals surface area contributed by atoms with Gasteiger partial charge in [-0.05, 0) is 41.5 Å². The maximum Gasteiger partial charge on any atom is 0.241 e. The molecule has 0 aliphatic heterocycles. The van der Waals surface area contributed by atoms with Crippen molar-refractivity contribution in [1.29, 1.82) is 0 Å². The second kappa shape index (κ2) is 7.52. The van der Waals surface area contributed by atoms with E-state index in [1.807, 2.05) is 30.3 Å². The summed E-state index contributed by atoms with van der Waals surface area (Å²) >= 11 is 5.85. The van der Waals surface area contributed by atoms with E-state index in [-0.39, 0.29) is 0 Å². The molecule has 0 radical (unpaired) electrons. The average Bonchev–Trinajstić information content (AvgIpc) is 2.52. The van der Waals surface area contributed by atoms with Gasteiger partial charge in [0.1, 0.15) is 6.61 Å². The van der Waals surface area contributed by atoms with Gasteiger partial charge in [0, 0.05) is 11.1 Å². The summed E-state index contributed by atoms with van der Waals surface area (Å²) < 4.78 is 11.1. The zero-order valence-electron chi connectivity index (χ0n) is 12.1. The molecule has 5 heteroatoms. The molecule has 0 spiro atoms. The minimum Gasteiger partial charge on any atom is -0.493 e. The molecule has 0 unspecified atom stereocenters. The van der Waals surface area contributed by atoms with E-state index in [1.54, 1.807) is 25.3 Å². The summed E-state index contributed by atoms with van der Waals surface area (Å²) in [4.78, 5) is 10.7. The zero-order chi connectivity index (χ0) is 15.9. The van der Waals surface area contributed by atoms with Crippen molar-refractivity contribution in [1.82, 2.24) is 0 Å². The maximum atomic E-state index is 10.7. The third-order valence-electron chi connectivity index (χ3n) is 2.94. The van der Waals surface area contributed by atoms with Crippen molar-refractivity contribution in [2.24, 2.45) is 5.73 Å². The van der Waals surface area contributed by atoms with E-state index >= 15 is 0 Å². The normalized spacial score (nSPS) is 10.6. The number of hydrogen-bond acceptors (Lipinski definition) is 3. The van der Waals surface area contributed by atoms with Crippen LogP contribution in [-0.2, 0) is 11.4 Å². The molecule has 22 heavy (non-hydrogen) atoms. The first-order valence-electron chi connectivity index (χ1n) is 6.61. The van der Waals surface area contributed by atoms with Crippen molar-refractivity contribution in [2.75, 3.05) is 7.11 Å². The molecule has 0 saturated carbocycles. The molecule has 1 amide bonds. The topological polar surface area (TPSA) is 61.5 Å². The molecule has 4 nitrogen and oxygen atoms in total. The van der Waals surface area contributed by atoms with Crippen LogP contribution in [-0.4, -0.2) is 13.0 Å². The highest BCUT2D eigenvalue weighted by molar-refractivity contribution is 6.30. The van der Waals surface area contributed by atoms with Crippen LogP contribution in [0.5, 0.6) is 11.5 Å². The predicted molar refractivity (Wildman–Crippen MR) is 87.0 cm³/mol. The zero-order valence-corrected chi connectivity index (χ0v) is 12.8. The van der Waals surface area contributed by atoms with Crippen molar-refractivity contribution in [2.45, 2.75) is 6.61 Å². The van der Waals surface area contributed by atoms with Gasteiger partial charge in [0.05, 0.1) is 7.11 Å². The fourth-order valence-corrected chi connectivity index (χ4v) is 1.95. The SMILES string of the molecule is COc1cc(C=CC(N)=O)ccc1OCc1ccc(Cl)cc1. The second-order valence-electron chi connectivity index (χ2n) is 4.56. The van der Waals surface area contributed by atoms with Crippen LogP contribution in [0.4, 0.5) is 0 Å². The first kappa shape index (κ1) is 15.9. The van der Waals surface area contributed by atoms with Gasteiger partial charge in [0.15, 0.2) is 11.5 Å². The van der Waals surface area contributed by atoms with Crippen LogP contribution in [0.1, 0.15) is 11.1 Å². The van der Waals surface area contributed by atoms with Crippen molar-refractivity contribution >= 4 is 23.6 Å². The molecular weight excluding hydrogens is 302 g/mol. The Hall–Kier alpha value is -2.46. The highest BCUT2D eigenvalue weighted by Gasteiger charge is 2.05.